The van der Waals surface area contributed by atoms with Gasteiger partial charge >= 0.3 is 12.4 Å². The van der Waals surface area contributed by atoms with Gasteiger partial charge in [0.2, 0.25) is 5.95 Å². The molecule has 1 aliphatic heterocycles. The number of piperazine rings is 1. The van der Waals surface area contributed by atoms with E-state index in [-0.39, 0.29) is 11.2 Å². The van der Waals surface area contributed by atoms with E-state index in [9.17, 15) is 26.3 Å². The van der Waals surface area contributed by atoms with Crippen molar-refractivity contribution in [3.05, 3.63) is 47.8 Å². The van der Waals surface area contributed by atoms with Gasteiger partial charge in [0.25, 0.3) is 0 Å². The number of halogens is 6. The first kappa shape index (κ1) is 19.3. The van der Waals surface area contributed by atoms with E-state index in [1.54, 1.807) is 9.80 Å². The van der Waals surface area contributed by atoms with Crippen LogP contribution in [0.15, 0.2) is 36.7 Å². The number of hydrogen-bond donors (Lipinski definition) is 1. The first-order chi connectivity index (χ1) is 13.6. The molecule has 2 aromatic heterocycles. The van der Waals surface area contributed by atoms with Crippen molar-refractivity contribution in [2.75, 3.05) is 36.0 Å². The summed E-state index contributed by atoms with van der Waals surface area (Å²) in [6.07, 6.45) is -6.84. The number of fused-ring (bicyclic) bond motifs is 1. The normalized spacial score (nSPS) is 15.9. The van der Waals surface area contributed by atoms with E-state index in [2.05, 4.69) is 15.0 Å². The number of imidazole rings is 1. The first-order valence-corrected chi connectivity index (χ1v) is 8.71. The standard InChI is InChI=1S/C18H15F6N5/c19-17(20,21)11-1-2-13-14(9-11)27-16(26-13)29-7-5-28(6-8-29)15-3-4-25-10-12(15)18(22,23)24/h1-4,9-10H,5-8H2,(H,26,27). The zero-order valence-electron chi connectivity index (χ0n) is 14.8. The maximum absolute atomic E-state index is 13.2. The second kappa shape index (κ2) is 6.82. The Hall–Kier alpha value is -2.98. The van der Waals surface area contributed by atoms with E-state index in [1.807, 2.05) is 0 Å². The van der Waals surface area contributed by atoms with E-state index in [0.717, 1.165) is 18.3 Å². The highest BCUT2D eigenvalue weighted by atomic mass is 19.4. The minimum absolute atomic E-state index is 0.0616. The largest absolute Gasteiger partial charge is 0.419 e. The van der Waals surface area contributed by atoms with Crippen LogP contribution in [0.3, 0.4) is 0 Å². The molecule has 0 bridgehead atoms. The molecule has 0 atom stereocenters. The summed E-state index contributed by atoms with van der Waals surface area (Å²) in [5.41, 5.74) is -0.861. The van der Waals surface area contributed by atoms with E-state index < -0.39 is 23.5 Å². The Kier molecular flexibility index (Phi) is 4.55. The van der Waals surface area contributed by atoms with Gasteiger partial charge in [0.1, 0.15) is 0 Å². The predicted octanol–water partition coefficient (Wildman–Crippen LogP) is 4.32. The lowest BCUT2D eigenvalue weighted by molar-refractivity contribution is -0.138. The van der Waals surface area contributed by atoms with Crippen LogP contribution in [-0.4, -0.2) is 41.1 Å². The van der Waals surface area contributed by atoms with Crippen molar-refractivity contribution in [2.45, 2.75) is 12.4 Å². The number of pyridine rings is 1. The van der Waals surface area contributed by atoms with Gasteiger partial charge in [0.15, 0.2) is 0 Å². The quantitative estimate of drug-likeness (QED) is 0.634. The summed E-state index contributed by atoms with van der Waals surface area (Å²) in [6, 6.07) is 4.58. The summed E-state index contributed by atoms with van der Waals surface area (Å²) in [6.45, 7) is 1.34. The van der Waals surface area contributed by atoms with Gasteiger partial charge in [0.05, 0.1) is 27.8 Å². The molecule has 5 nitrogen and oxygen atoms in total. The molecule has 0 spiro atoms. The Bertz CT molecular complexity index is 1020. The van der Waals surface area contributed by atoms with Gasteiger partial charge < -0.3 is 14.8 Å². The van der Waals surface area contributed by atoms with Gasteiger partial charge in [-0.2, -0.15) is 26.3 Å². The van der Waals surface area contributed by atoms with Crippen LogP contribution in [0.5, 0.6) is 0 Å². The number of hydrogen-bond acceptors (Lipinski definition) is 4. The molecule has 0 aliphatic carbocycles. The first-order valence-electron chi connectivity index (χ1n) is 8.71. The molecule has 1 fully saturated rings. The molecule has 1 aromatic carbocycles. The average Bonchev–Trinajstić information content (AvgIpc) is 3.10. The molecule has 4 rings (SSSR count). The van der Waals surface area contributed by atoms with Crippen molar-refractivity contribution < 1.29 is 26.3 Å². The highest BCUT2D eigenvalue weighted by molar-refractivity contribution is 5.78. The molecule has 154 valence electrons. The van der Waals surface area contributed by atoms with Gasteiger partial charge in [0, 0.05) is 38.6 Å². The molecular formula is C18H15F6N5. The third-order valence-corrected chi connectivity index (χ3v) is 4.82. The predicted molar refractivity (Wildman–Crippen MR) is 94.8 cm³/mol. The number of nitrogens with zero attached hydrogens (tertiary/aromatic N) is 4. The number of anilines is 2. The number of H-pyrrole nitrogens is 1. The molecule has 11 heteroatoms. The monoisotopic (exact) mass is 415 g/mol. The van der Waals surface area contributed by atoms with E-state index >= 15 is 0 Å². The van der Waals surface area contributed by atoms with Gasteiger partial charge in [-0.25, -0.2) is 4.98 Å². The van der Waals surface area contributed by atoms with Crippen molar-refractivity contribution >= 4 is 22.7 Å². The lowest BCUT2D eigenvalue weighted by atomic mass is 10.2. The van der Waals surface area contributed by atoms with Gasteiger partial charge in [-0.05, 0) is 24.3 Å². The number of rotatable bonds is 2. The fourth-order valence-corrected chi connectivity index (χ4v) is 3.36. The van der Waals surface area contributed by atoms with Crippen LogP contribution in [-0.2, 0) is 12.4 Å². The second-order valence-corrected chi connectivity index (χ2v) is 6.65. The maximum atomic E-state index is 13.2. The lowest BCUT2D eigenvalue weighted by Gasteiger charge is -2.36. The smallest absolute Gasteiger partial charge is 0.367 e. The summed E-state index contributed by atoms with van der Waals surface area (Å²) < 4.78 is 78.2. The summed E-state index contributed by atoms with van der Waals surface area (Å²) in [5.74, 6) is 0.393. The Morgan fingerprint density at radius 3 is 2.21 bits per heavy atom. The molecule has 1 N–H and O–H groups in total. The molecule has 0 unspecified atom stereocenters. The topological polar surface area (TPSA) is 48.1 Å². The summed E-state index contributed by atoms with van der Waals surface area (Å²) in [4.78, 5) is 14.2. The fraction of sp³-hybridized carbons (Fsp3) is 0.333. The van der Waals surface area contributed by atoms with Crippen LogP contribution < -0.4 is 9.80 Å². The van der Waals surface area contributed by atoms with Crippen LogP contribution in [0.25, 0.3) is 11.0 Å². The van der Waals surface area contributed by atoms with Crippen LogP contribution in [0.1, 0.15) is 11.1 Å². The molecular weight excluding hydrogens is 400 g/mol. The Morgan fingerprint density at radius 2 is 1.55 bits per heavy atom. The molecule has 0 saturated carbocycles. The lowest BCUT2D eigenvalue weighted by Crippen LogP contribution is -2.47. The molecule has 29 heavy (non-hydrogen) atoms. The van der Waals surface area contributed by atoms with Gasteiger partial charge in [-0.3, -0.25) is 4.98 Å². The van der Waals surface area contributed by atoms with Crippen molar-refractivity contribution in [3.63, 3.8) is 0 Å². The molecule has 3 heterocycles. The van der Waals surface area contributed by atoms with Crippen molar-refractivity contribution in [1.82, 2.24) is 15.0 Å². The Labute approximate surface area is 161 Å². The highest BCUT2D eigenvalue weighted by Gasteiger charge is 2.36. The third kappa shape index (κ3) is 3.81. The van der Waals surface area contributed by atoms with Crippen molar-refractivity contribution in [2.24, 2.45) is 0 Å². The summed E-state index contributed by atoms with van der Waals surface area (Å²) >= 11 is 0. The number of aromatic nitrogens is 3. The zero-order valence-corrected chi connectivity index (χ0v) is 14.8. The number of benzene rings is 1. The van der Waals surface area contributed by atoms with Crippen LogP contribution in [0, 0.1) is 0 Å². The van der Waals surface area contributed by atoms with Gasteiger partial charge in [-0.1, -0.05) is 0 Å². The number of alkyl halides is 6. The Morgan fingerprint density at radius 1 is 0.862 bits per heavy atom. The molecule has 0 amide bonds. The number of nitrogens with one attached hydrogen (secondary N) is 1. The maximum Gasteiger partial charge on any atom is 0.419 e. The Balaban J connectivity index is 1.52. The zero-order chi connectivity index (χ0) is 20.8. The molecule has 1 aliphatic rings. The van der Waals surface area contributed by atoms with Crippen LogP contribution >= 0.6 is 0 Å². The highest BCUT2D eigenvalue weighted by Crippen LogP contribution is 2.36. The van der Waals surface area contributed by atoms with Crippen LogP contribution in [0.4, 0.5) is 38.0 Å². The van der Waals surface area contributed by atoms with E-state index in [1.165, 1.54) is 18.3 Å². The molecule has 0 radical (unpaired) electrons. The van der Waals surface area contributed by atoms with E-state index in [4.69, 9.17) is 0 Å². The average molecular weight is 415 g/mol. The minimum atomic E-state index is -4.50. The molecule has 3 aromatic rings. The van der Waals surface area contributed by atoms with Gasteiger partial charge in [-0.15, -0.1) is 0 Å². The fourth-order valence-electron chi connectivity index (χ4n) is 3.36. The SMILES string of the molecule is FC(F)(F)c1ccc2nc(N3CCN(c4ccncc4C(F)(F)F)CC3)[nH]c2c1. The summed E-state index contributed by atoms with van der Waals surface area (Å²) in [5, 5.41) is 0. The number of aromatic amines is 1. The van der Waals surface area contributed by atoms with E-state index in [0.29, 0.717) is 37.6 Å². The van der Waals surface area contributed by atoms with Crippen molar-refractivity contribution in [1.29, 1.82) is 0 Å². The minimum Gasteiger partial charge on any atom is -0.367 e. The third-order valence-electron chi connectivity index (χ3n) is 4.82. The molecule has 1 saturated heterocycles. The van der Waals surface area contributed by atoms with Crippen molar-refractivity contribution in [3.8, 4) is 0 Å². The van der Waals surface area contributed by atoms with Crippen LogP contribution in [0.2, 0.25) is 0 Å². The second-order valence-electron chi connectivity index (χ2n) is 6.65. The summed E-state index contributed by atoms with van der Waals surface area (Å²) in [7, 11) is 0.